The molecule has 2 saturated carbocycles. The van der Waals surface area contributed by atoms with Gasteiger partial charge in [-0.15, -0.1) is 0 Å². The summed E-state index contributed by atoms with van der Waals surface area (Å²) in [5.41, 5.74) is 0.0588. The standard InChI is InChI=1S/C11H18F2/c1-10(2,3)7-5-4-6-8-9(7)11(8,12)13/h7-9H,4-6H2,1-3H3. The topological polar surface area (TPSA) is 0 Å². The Morgan fingerprint density at radius 2 is 1.77 bits per heavy atom. The molecule has 0 bridgehead atoms. The van der Waals surface area contributed by atoms with Gasteiger partial charge in [-0.1, -0.05) is 27.2 Å². The Morgan fingerprint density at radius 1 is 1.15 bits per heavy atom. The van der Waals surface area contributed by atoms with E-state index in [0.717, 1.165) is 19.3 Å². The average molecular weight is 188 g/mol. The number of hydrogen-bond acceptors (Lipinski definition) is 0. The second-order valence-corrected chi connectivity index (χ2v) is 5.71. The van der Waals surface area contributed by atoms with Crippen LogP contribution in [0.5, 0.6) is 0 Å². The first-order valence-electron chi connectivity index (χ1n) is 5.23. The van der Waals surface area contributed by atoms with E-state index in [1.165, 1.54) is 0 Å². The minimum absolute atomic E-state index is 0.0588. The van der Waals surface area contributed by atoms with Gasteiger partial charge >= 0.3 is 0 Å². The van der Waals surface area contributed by atoms with E-state index in [4.69, 9.17) is 0 Å². The molecular weight excluding hydrogens is 170 g/mol. The van der Waals surface area contributed by atoms with E-state index >= 15 is 0 Å². The van der Waals surface area contributed by atoms with Gasteiger partial charge in [0.25, 0.3) is 5.92 Å². The quantitative estimate of drug-likeness (QED) is 0.543. The monoisotopic (exact) mass is 188 g/mol. The summed E-state index contributed by atoms with van der Waals surface area (Å²) in [6.07, 6.45) is 2.75. The first-order valence-corrected chi connectivity index (χ1v) is 5.23. The molecule has 76 valence electrons. The lowest BCUT2D eigenvalue weighted by Crippen LogP contribution is -2.26. The minimum atomic E-state index is -2.32. The highest BCUT2D eigenvalue weighted by Gasteiger charge is 2.72. The molecule has 0 N–H and O–H groups in total. The average Bonchev–Trinajstić information content (AvgIpc) is 2.54. The minimum Gasteiger partial charge on any atom is -0.206 e. The van der Waals surface area contributed by atoms with Gasteiger partial charge in [-0.2, -0.15) is 0 Å². The predicted molar refractivity (Wildman–Crippen MR) is 48.7 cm³/mol. The predicted octanol–water partition coefficient (Wildman–Crippen LogP) is 3.71. The normalized spacial score (nSPS) is 42.7. The summed E-state index contributed by atoms with van der Waals surface area (Å²) in [5, 5.41) is 0. The van der Waals surface area contributed by atoms with Gasteiger partial charge in [-0.3, -0.25) is 0 Å². The van der Waals surface area contributed by atoms with Gasteiger partial charge < -0.3 is 0 Å². The molecule has 3 unspecified atom stereocenters. The van der Waals surface area contributed by atoms with E-state index in [9.17, 15) is 8.78 Å². The molecule has 0 aromatic carbocycles. The third-order valence-corrected chi connectivity index (χ3v) is 3.84. The highest BCUT2D eigenvalue weighted by Crippen LogP contribution is 2.67. The fourth-order valence-electron chi connectivity index (χ4n) is 3.05. The summed E-state index contributed by atoms with van der Waals surface area (Å²) in [4.78, 5) is 0. The lowest BCUT2D eigenvalue weighted by atomic mass is 9.72. The van der Waals surface area contributed by atoms with Crippen molar-refractivity contribution in [2.75, 3.05) is 0 Å². The van der Waals surface area contributed by atoms with Crippen LogP contribution in [0.1, 0.15) is 40.0 Å². The summed E-state index contributed by atoms with van der Waals surface area (Å²) in [5.74, 6) is -2.65. The van der Waals surface area contributed by atoms with Crippen molar-refractivity contribution in [3.8, 4) is 0 Å². The SMILES string of the molecule is CC(C)(C)C1CCCC2C1C2(F)F. The number of rotatable bonds is 0. The Bertz CT molecular complexity index is 211. The Balaban J connectivity index is 2.15. The van der Waals surface area contributed by atoms with Crippen LogP contribution < -0.4 is 0 Å². The number of alkyl halides is 2. The highest BCUT2D eigenvalue weighted by atomic mass is 19.3. The molecule has 2 fully saturated rings. The molecule has 0 spiro atoms. The first-order chi connectivity index (χ1) is 5.85. The van der Waals surface area contributed by atoms with Gasteiger partial charge in [-0.25, -0.2) is 8.78 Å². The fourth-order valence-corrected chi connectivity index (χ4v) is 3.05. The van der Waals surface area contributed by atoms with Crippen LogP contribution in [0, 0.1) is 23.2 Å². The van der Waals surface area contributed by atoms with Crippen molar-refractivity contribution in [3.05, 3.63) is 0 Å². The molecular formula is C11H18F2. The van der Waals surface area contributed by atoms with Gasteiger partial charge in [0.1, 0.15) is 0 Å². The van der Waals surface area contributed by atoms with Crippen molar-refractivity contribution in [1.29, 1.82) is 0 Å². The maximum Gasteiger partial charge on any atom is 0.254 e. The van der Waals surface area contributed by atoms with Crippen LogP contribution >= 0.6 is 0 Å². The van der Waals surface area contributed by atoms with Crippen molar-refractivity contribution in [1.82, 2.24) is 0 Å². The molecule has 2 rings (SSSR count). The Hall–Kier alpha value is -0.140. The van der Waals surface area contributed by atoms with E-state index in [0.29, 0.717) is 0 Å². The van der Waals surface area contributed by atoms with Gasteiger partial charge in [0.15, 0.2) is 0 Å². The zero-order valence-electron chi connectivity index (χ0n) is 8.61. The summed E-state index contributed by atoms with van der Waals surface area (Å²) in [7, 11) is 0. The Morgan fingerprint density at radius 3 is 2.23 bits per heavy atom. The lowest BCUT2D eigenvalue weighted by molar-refractivity contribution is 0.0587. The van der Waals surface area contributed by atoms with E-state index in [2.05, 4.69) is 20.8 Å². The molecule has 13 heavy (non-hydrogen) atoms. The second kappa shape index (κ2) is 2.46. The summed E-state index contributed by atoms with van der Waals surface area (Å²) in [6, 6.07) is 0. The molecule has 0 heterocycles. The summed E-state index contributed by atoms with van der Waals surface area (Å²) < 4.78 is 26.6. The fraction of sp³-hybridized carbons (Fsp3) is 1.00. The maximum absolute atomic E-state index is 13.3. The summed E-state index contributed by atoms with van der Waals surface area (Å²) in [6.45, 7) is 6.28. The zero-order valence-corrected chi connectivity index (χ0v) is 8.61. The van der Waals surface area contributed by atoms with Gasteiger partial charge in [0.2, 0.25) is 0 Å². The summed E-state index contributed by atoms with van der Waals surface area (Å²) >= 11 is 0. The highest BCUT2D eigenvalue weighted by molar-refractivity contribution is 5.11. The van der Waals surface area contributed by atoms with Gasteiger partial charge in [0.05, 0.1) is 0 Å². The maximum atomic E-state index is 13.3. The van der Waals surface area contributed by atoms with E-state index in [1.54, 1.807) is 0 Å². The third-order valence-electron chi connectivity index (χ3n) is 3.84. The number of halogens is 2. The second-order valence-electron chi connectivity index (χ2n) is 5.71. The van der Waals surface area contributed by atoms with Crippen LogP contribution in [-0.2, 0) is 0 Å². The Kier molecular flexibility index (Phi) is 1.78. The van der Waals surface area contributed by atoms with E-state index < -0.39 is 5.92 Å². The van der Waals surface area contributed by atoms with Crippen LogP contribution in [-0.4, -0.2) is 5.92 Å². The third kappa shape index (κ3) is 1.29. The van der Waals surface area contributed by atoms with Gasteiger partial charge in [-0.05, 0) is 24.2 Å². The van der Waals surface area contributed by atoms with Crippen molar-refractivity contribution in [2.24, 2.45) is 23.2 Å². The molecule has 0 aliphatic heterocycles. The van der Waals surface area contributed by atoms with E-state index in [1.807, 2.05) is 0 Å². The first kappa shape index (κ1) is 9.42. The largest absolute Gasteiger partial charge is 0.254 e. The Labute approximate surface area is 78.7 Å². The van der Waals surface area contributed by atoms with Crippen LogP contribution in [0.2, 0.25) is 0 Å². The molecule has 2 heteroatoms. The molecule has 2 aliphatic rings. The van der Waals surface area contributed by atoms with Crippen molar-refractivity contribution in [2.45, 2.75) is 46.0 Å². The van der Waals surface area contributed by atoms with Crippen molar-refractivity contribution >= 4 is 0 Å². The molecule has 0 aromatic rings. The van der Waals surface area contributed by atoms with Crippen molar-refractivity contribution < 1.29 is 8.78 Å². The molecule has 0 amide bonds. The van der Waals surface area contributed by atoms with E-state index in [-0.39, 0.29) is 23.2 Å². The zero-order chi connectivity index (χ0) is 9.85. The van der Waals surface area contributed by atoms with Crippen LogP contribution in [0.25, 0.3) is 0 Å². The van der Waals surface area contributed by atoms with Crippen LogP contribution in [0.15, 0.2) is 0 Å². The van der Waals surface area contributed by atoms with Gasteiger partial charge in [0, 0.05) is 11.8 Å². The molecule has 0 saturated heterocycles. The van der Waals surface area contributed by atoms with Crippen molar-refractivity contribution in [3.63, 3.8) is 0 Å². The molecule has 2 aliphatic carbocycles. The number of hydrogen-bond donors (Lipinski definition) is 0. The smallest absolute Gasteiger partial charge is 0.206 e. The number of fused-ring (bicyclic) bond motifs is 1. The van der Waals surface area contributed by atoms with Crippen LogP contribution in [0.3, 0.4) is 0 Å². The van der Waals surface area contributed by atoms with Crippen LogP contribution in [0.4, 0.5) is 8.78 Å². The molecule has 0 aromatic heterocycles. The lowest BCUT2D eigenvalue weighted by Gasteiger charge is -2.33. The molecule has 3 atom stereocenters. The molecule has 0 radical (unpaired) electrons. The molecule has 0 nitrogen and oxygen atoms in total.